The van der Waals surface area contributed by atoms with Gasteiger partial charge in [0.1, 0.15) is 0 Å². The van der Waals surface area contributed by atoms with Crippen molar-refractivity contribution in [1.29, 1.82) is 0 Å². The van der Waals surface area contributed by atoms with E-state index >= 15 is 0 Å². The monoisotopic (exact) mass is 170 g/mol. The molecule has 0 rings (SSSR count). The van der Waals surface area contributed by atoms with Gasteiger partial charge in [0.05, 0.1) is 0 Å². The number of hydrogen-bond acceptors (Lipinski definition) is 2. The van der Waals surface area contributed by atoms with Gasteiger partial charge in [0.15, 0.2) is 0 Å². The van der Waals surface area contributed by atoms with E-state index in [0.717, 1.165) is 0 Å². The van der Waals surface area contributed by atoms with Crippen molar-refractivity contribution in [2.24, 2.45) is 0 Å². The molecular weight excluding hydrogens is 169 g/mol. The molecule has 3 nitrogen and oxygen atoms in total. The SMILES string of the molecule is [Fe+2].[O-2].[OH-].[OH-].[Zn+2]. The molecule has 0 saturated heterocycles. The van der Waals surface area contributed by atoms with Gasteiger partial charge in [-0.1, -0.05) is 0 Å². The summed E-state index contributed by atoms with van der Waals surface area (Å²) in [5.74, 6) is 0. The smallest absolute Gasteiger partial charge is 2.00 e. The summed E-state index contributed by atoms with van der Waals surface area (Å²) in [7, 11) is 0. The van der Waals surface area contributed by atoms with Crippen LogP contribution in [0.2, 0.25) is 0 Å². The first-order valence-corrected chi connectivity index (χ1v) is 0. The molecule has 0 aliphatic heterocycles. The van der Waals surface area contributed by atoms with Crippen molar-refractivity contribution in [2.45, 2.75) is 0 Å². The number of rotatable bonds is 0. The summed E-state index contributed by atoms with van der Waals surface area (Å²) < 4.78 is 0. The van der Waals surface area contributed by atoms with Gasteiger partial charge in [-0.2, -0.15) is 0 Å². The van der Waals surface area contributed by atoms with Gasteiger partial charge in [0.2, 0.25) is 0 Å². The van der Waals surface area contributed by atoms with Crippen molar-refractivity contribution in [1.82, 2.24) is 0 Å². The molecule has 0 atom stereocenters. The van der Waals surface area contributed by atoms with Crippen molar-refractivity contribution in [3.05, 3.63) is 0 Å². The predicted molar refractivity (Wildman–Crippen MR) is 4.56 cm³/mol. The summed E-state index contributed by atoms with van der Waals surface area (Å²) in [5, 5.41) is 0. The summed E-state index contributed by atoms with van der Waals surface area (Å²) in [6.07, 6.45) is 0. The van der Waals surface area contributed by atoms with E-state index in [1.807, 2.05) is 0 Å². The molecule has 0 aliphatic rings. The van der Waals surface area contributed by atoms with Crippen molar-refractivity contribution < 1.29 is 53.0 Å². The minimum atomic E-state index is 0. The van der Waals surface area contributed by atoms with Crippen LogP contribution in [-0.4, -0.2) is 11.0 Å². The van der Waals surface area contributed by atoms with Crippen LogP contribution in [0.1, 0.15) is 0 Å². The third kappa shape index (κ3) is 43.9. The summed E-state index contributed by atoms with van der Waals surface area (Å²) in [5.41, 5.74) is 0. The minimum Gasteiger partial charge on any atom is -2.00 e. The van der Waals surface area contributed by atoms with Crippen molar-refractivity contribution in [2.75, 3.05) is 0 Å². The molecule has 0 aromatic rings. The van der Waals surface area contributed by atoms with Crippen LogP contribution >= 0.6 is 0 Å². The Morgan fingerprint density at radius 1 is 0.800 bits per heavy atom. The fourth-order valence-electron chi connectivity index (χ4n) is 0. The second-order valence-electron chi connectivity index (χ2n) is 0. The Balaban J connectivity index is 0. The zero-order valence-corrected chi connectivity index (χ0v) is 6.43. The van der Waals surface area contributed by atoms with E-state index < -0.39 is 0 Å². The van der Waals surface area contributed by atoms with E-state index in [1.165, 1.54) is 0 Å². The zero-order valence-electron chi connectivity index (χ0n) is 2.36. The minimum absolute atomic E-state index is 0. The maximum Gasteiger partial charge on any atom is 2.00 e. The second-order valence-corrected chi connectivity index (χ2v) is 0. The molecule has 0 amide bonds. The van der Waals surface area contributed by atoms with Gasteiger partial charge in [0.25, 0.3) is 0 Å². The second kappa shape index (κ2) is 77.7. The fraction of sp³-hybridized carbons (Fsp3) is 0. The maximum absolute atomic E-state index is 0. The Bertz CT molecular complexity index is 6.85. The summed E-state index contributed by atoms with van der Waals surface area (Å²) in [6.45, 7) is 0. The average molecular weight is 171 g/mol. The molecule has 0 aliphatic carbocycles. The molecule has 5 heavy (non-hydrogen) atoms. The Labute approximate surface area is 53.3 Å². The molecule has 0 unspecified atom stereocenters. The van der Waals surface area contributed by atoms with Crippen LogP contribution in [0.4, 0.5) is 0 Å². The summed E-state index contributed by atoms with van der Waals surface area (Å²) in [6, 6.07) is 0. The van der Waals surface area contributed by atoms with Crippen LogP contribution in [0.25, 0.3) is 0 Å². The maximum atomic E-state index is 0. The van der Waals surface area contributed by atoms with E-state index in [2.05, 4.69) is 0 Å². The predicted octanol–water partition coefficient (Wildman–Crippen LogP) is -0.477. The van der Waals surface area contributed by atoms with Crippen molar-refractivity contribution in [3.8, 4) is 0 Å². The van der Waals surface area contributed by atoms with Crippen LogP contribution in [-0.2, 0) is 42.0 Å². The molecule has 0 saturated carbocycles. The van der Waals surface area contributed by atoms with Crippen LogP contribution in [0.15, 0.2) is 0 Å². The van der Waals surface area contributed by atoms with Gasteiger partial charge in [0, 0.05) is 0 Å². The Morgan fingerprint density at radius 2 is 0.800 bits per heavy atom. The molecule has 0 aromatic heterocycles. The summed E-state index contributed by atoms with van der Waals surface area (Å²) >= 11 is 0. The quantitative estimate of drug-likeness (QED) is 0.461. The first-order valence-electron chi connectivity index (χ1n) is 0. The standard InChI is InChI=1S/Fe.2H2O.O.Zn/h;2*1H2;;/q+2;;;-2;+2/p-2. The van der Waals surface area contributed by atoms with Crippen LogP contribution in [0, 0.1) is 0 Å². The Hall–Kier alpha value is 1.02. The fourth-order valence-corrected chi connectivity index (χ4v) is 0. The molecule has 0 bridgehead atoms. The Kier molecular flexibility index (Phi) is 2260. The van der Waals surface area contributed by atoms with Gasteiger partial charge in [-0.3, -0.25) is 0 Å². The summed E-state index contributed by atoms with van der Waals surface area (Å²) in [4.78, 5) is 0. The van der Waals surface area contributed by atoms with Crippen LogP contribution in [0.5, 0.6) is 0 Å². The van der Waals surface area contributed by atoms with E-state index in [4.69, 9.17) is 0 Å². The van der Waals surface area contributed by atoms with Gasteiger partial charge in [-0.05, 0) is 0 Å². The molecule has 0 heterocycles. The topological polar surface area (TPSA) is 88.5 Å². The van der Waals surface area contributed by atoms with Crippen molar-refractivity contribution in [3.63, 3.8) is 0 Å². The van der Waals surface area contributed by atoms with Gasteiger partial charge < -0.3 is 16.4 Å². The normalized spacial score (nSPS) is 0. The van der Waals surface area contributed by atoms with E-state index in [1.54, 1.807) is 0 Å². The molecule has 0 spiro atoms. The molecule has 2 N–H and O–H groups in total. The Morgan fingerprint density at radius 3 is 0.800 bits per heavy atom. The number of hydrogen-bond donors (Lipinski definition) is 0. The van der Waals surface area contributed by atoms with Crippen molar-refractivity contribution >= 4 is 0 Å². The van der Waals surface area contributed by atoms with Gasteiger partial charge >= 0.3 is 36.5 Å². The van der Waals surface area contributed by atoms with Gasteiger partial charge in [-0.15, -0.1) is 0 Å². The van der Waals surface area contributed by atoms with Crippen LogP contribution < -0.4 is 0 Å². The first-order chi connectivity index (χ1) is 0. The third-order valence-electron chi connectivity index (χ3n) is 0. The molecule has 5 heteroatoms. The van der Waals surface area contributed by atoms with Gasteiger partial charge in [-0.25, -0.2) is 0 Å². The zero-order chi connectivity index (χ0) is 0. The van der Waals surface area contributed by atoms with E-state index in [0.29, 0.717) is 0 Å². The van der Waals surface area contributed by atoms with Crippen LogP contribution in [0.3, 0.4) is 0 Å². The molecule has 30 valence electrons. The molecule has 0 fully saturated rings. The largest absolute Gasteiger partial charge is 2.00 e. The van der Waals surface area contributed by atoms with E-state index in [9.17, 15) is 0 Å². The molecule has 0 radical (unpaired) electrons. The third-order valence-corrected chi connectivity index (χ3v) is 0. The molecule has 0 aromatic carbocycles. The first kappa shape index (κ1) is 145. The average Bonchev–Trinajstić information content (AvgIpc) is 0. The van der Waals surface area contributed by atoms with E-state index in [-0.39, 0.29) is 53.0 Å². The molecular formula is H2FeO3Zn.